The minimum Gasteiger partial charge on any atom is -0.497 e. The van der Waals surface area contributed by atoms with Gasteiger partial charge in [-0.2, -0.15) is 0 Å². The number of urea groups is 1. The van der Waals surface area contributed by atoms with Crippen molar-refractivity contribution >= 4 is 29.1 Å². The summed E-state index contributed by atoms with van der Waals surface area (Å²) >= 11 is 0. The first-order chi connectivity index (χ1) is 17.6. The van der Waals surface area contributed by atoms with Crippen LogP contribution in [0.25, 0.3) is 11.1 Å². The molecule has 8 heteroatoms. The molecular formula is C29H36N4O4. The van der Waals surface area contributed by atoms with Crippen molar-refractivity contribution in [2.45, 2.75) is 34.6 Å². The molecule has 2 aromatic carbocycles. The molecule has 2 amide bonds. The summed E-state index contributed by atoms with van der Waals surface area (Å²) in [7, 11) is 1.50. The number of benzene rings is 2. The van der Waals surface area contributed by atoms with E-state index in [1.165, 1.54) is 13.2 Å². The molecule has 0 radical (unpaired) electrons. The average Bonchev–Trinajstić information content (AvgIpc) is 2.84. The number of aromatic carboxylic acids is 1. The Balaban J connectivity index is 2.06. The molecule has 0 bridgehead atoms. The van der Waals surface area contributed by atoms with E-state index in [9.17, 15) is 14.7 Å². The second-order valence-electron chi connectivity index (χ2n) is 9.91. The number of carboxylic acids is 1. The van der Waals surface area contributed by atoms with Crippen LogP contribution in [0.15, 0.2) is 54.7 Å². The third kappa shape index (κ3) is 7.46. The second-order valence-corrected chi connectivity index (χ2v) is 9.91. The number of nitrogens with one attached hydrogen (secondary N) is 2. The predicted octanol–water partition coefficient (Wildman–Crippen LogP) is 6.53. The van der Waals surface area contributed by atoms with E-state index in [4.69, 9.17) is 4.74 Å². The molecule has 0 atom stereocenters. The van der Waals surface area contributed by atoms with Crippen LogP contribution in [0.1, 0.15) is 43.7 Å². The van der Waals surface area contributed by atoms with Crippen molar-refractivity contribution in [1.82, 2.24) is 4.98 Å². The number of methoxy groups -OCH3 is 1. The molecule has 0 saturated carbocycles. The molecule has 0 fully saturated rings. The maximum absolute atomic E-state index is 13.0. The van der Waals surface area contributed by atoms with Gasteiger partial charge in [-0.25, -0.2) is 9.59 Å². The van der Waals surface area contributed by atoms with Crippen LogP contribution >= 0.6 is 0 Å². The maximum Gasteiger partial charge on any atom is 0.336 e. The van der Waals surface area contributed by atoms with E-state index >= 15 is 0 Å². The Hall–Kier alpha value is -4.07. The predicted molar refractivity (Wildman–Crippen MR) is 149 cm³/mol. The van der Waals surface area contributed by atoms with E-state index in [1.54, 1.807) is 24.4 Å². The van der Waals surface area contributed by atoms with Crippen LogP contribution in [0, 0.1) is 18.8 Å². The standard InChI is InChI=1S/C29H36N4O4/c1-18(2)16-33(17-19(3)4)27-12-8-21(24-11-10-23(37-6)14-25(24)28(34)35)13-26(27)32-29(36)31-22-9-7-20(5)30-15-22/h7-15,18-19H,16-17H2,1-6H3,(H,34,35)(H2,31,32,36). The number of aryl methyl sites for hydroxylation is 1. The molecule has 0 aliphatic rings. The molecule has 0 saturated heterocycles. The molecule has 3 rings (SSSR count). The van der Waals surface area contributed by atoms with Crippen LogP contribution < -0.4 is 20.3 Å². The zero-order chi connectivity index (χ0) is 27.1. The number of carboxylic acid groups (broad SMARTS) is 1. The number of pyridine rings is 1. The summed E-state index contributed by atoms with van der Waals surface area (Å²) in [6.45, 7) is 12.1. The molecule has 0 spiro atoms. The van der Waals surface area contributed by atoms with Crippen LogP contribution in [0.2, 0.25) is 0 Å². The molecule has 196 valence electrons. The van der Waals surface area contributed by atoms with Crippen molar-refractivity contribution in [2.24, 2.45) is 11.8 Å². The molecule has 8 nitrogen and oxygen atoms in total. The number of carbonyl (C=O) groups excluding carboxylic acids is 1. The van der Waals surface area contributed by atoms with Crippen molar-refractivity contribution in [2.75, 3.05) is 35.7 Å². The smallest absolute Gasteiger partial charge is 0.336 e. The van der Waals surface area contributed by atoms with Gasteiger partial charge in [0.15, 0.2) is 0 Å². The summed E-state index contributed by atoms with van der Waals surface area (Å²) in [5, 5.41) is 15.7. The summed E-state index contributed by atoms with van der Waals surface area (Å²) in [6.07, 6.45) is 1.60. The second kappa shape index (κ2) is 12.3. The highest BCUT2D eigenvalue weighted by molar-refractivity contribution is 6.03. The summed E-state index contributed by atoms with van der Waals surface area (Å²) < 4.78 is 5.22. The van der Waals surface area contributed by atoms with Crippen molar-refractivity contribution in [3.8, 4) is 16.9 Å². The third-order valence-electron chi connectivity index (χ3n) is 5.69. The number of aromatic nitrogens is 1. The monoisotopic (exact) mass is 504 g/mol. The Labute approximate surface area is 218 Å². The van der Waals surface area contributed by atoms with Gasteiger partial charge in [-0.15, -0.1) is 0 Å². The molecular weight excluding hydrogens is 468 g/mol. The van der Waals surface area contributed by atoms with Gasteiger partial charge in [0.25, 0.3) is 0 Å². The van der Waals surface area contributed by atoms with Gasteiger partial charge in [-0.1, -0.05) is 33.8 Å². The summed E-state index contributed by atoms with van der Waals surface area (Å²) in [5.41, 5.74) is 4.21. The number of rotatable bonds is 10. The van der Waals surface area contributed by atoms with Crippen LogP contribution in [-0.4, -0.2) is 42.3 Å². The quantitative estimate of drug-likeness (QED) is 0.290. The SMILES string of the molecule is COc1ccc(-c2ccc(N(CC(C)C)CC(C)C)c(NC(=O)Nc3ccc(C)nc3)c2)c(C(=O)O)c1. The lowest BCUT2D eigenvalue weighted by Crippen LogP contribution is -2.32. The molecule has 1 aromatic heterocycles. The topological polar surface area (TPSA) is 104 Å². The summed E-state index contributed by atoms with van der Waals surface area (Å²) in [4.78, 5) is 31.5. The average molecular weight is 505 g/mol. The molecule has 3 aromatic rings. The minimum absolute atomic E-state index is 0.120. The van der Waals surface area contributed by atoms with Gasteiger partial charge in [0.1, 0.15) is 5.75 Å². The van der Waals surface area contributed by atoms with Crippen LogP contribution in [-0.2, 0) is 0 Å². The molecule has 3 N–H and O–H groups in total. The Bertz CT molecular complexity index is 1230. The number of hydrogen-bond acceptors (Lipinski definition) is 5. The van der Waals surface area contributed by atoms with Crippen molar-refractivity contribution in [1.29, 1.82) is 0 Å². The highest BCUT2D eigenvalue weighted by Crippen LogP contribution is 2.35. The normalized spacial score (nSPS) is 10.9. The van der Waals surface area contributed by atoms with E-state index in [1.807, 2.05) is 31.2 Å². The van der Waals surface area contributed by atoms with E-state index in [2.05, 4.69) is 48.2 Å². The highest BCUT2D eigenvalue weighted by Gasteiger charge is 2.19. The molecule has 0 unspecified atom stereocenters. The Morgan fingerprint density at radius 3 is 2.24 bits per heavy atom. The zero-order valence-corrected chi connectivity index (χ0v) is 22.3. The highest BCUT2D eigenvalue weighted by atomic mass is 16.5. The Kier molecular flexibility index (Phi) is 9.11. The molecule has 0 aliphatic carbocycles. The van der Waals surface area contributed by atoms with Gasteiger partial charge in [-0.3, -0.25) is 4.98 Å². The van der Waals surface area contributed by atoms with E-state index in [0.29, 0.717) is 40.1 Å². The fourth-order valence-corrected chi connectivity index (χ4v) is 4.14. The van der Waals surface area contributed by atoms with E-state index < -0.39 is 12.0 Å². The van der Waals surface area contributed by atoms with E-state index in [0.717, 1.165) is 24.5 Å². The van der Waals surface area contributed by atoms with Gasteiger partial charge in [0, 0.05) is 18.8 Å². The number of anilines is 3. The first-order valence-electron chi connectivity index (χ1n) is 12.4. The zero-order valence-electron chi connectivity index (χ0n) is 22.3. The molecule has 37 heavy (non-hydrogen) atoms. The lowest BCUT2D eigenvalue weighted by Gasteiger charge is -2.31. The number of hydrogen-bond donors (Lipinski definition) is 3. The number of ether oxygens (including phenoxy) is 1. The number of amides is 2. The van der Waals surface area contributed by atoms with Crippen molar-refractivity contribution in [3.05, 3.63) is 66.0 Å². The van der Waals surface area contributed by atoms with Crippen LogP contribution in [0.4, 0.5) is 21.9 Å². The van der Waals surface area contributed by atoms with Gasteiger partial charge in [-0.05, 0) is 72.4 Å². The fourth-order valence-electron chi connectivity index (χ4n) is 4.14. The Morgan fingerprint density at radius 1 is 0.973 bits per heavy atom. The minimum atomic E-state index is -1.06. The fraction of sp³-hybridized carbons (Fsp3) is 0.345. The summed E-state index contributed by atoms with van der Waals surface area (Å²) in [6, 6.07) is 13.8. The van der Waals surface area contributed by atoms with Crippen LogP contribution in [0.5, 0.6) is 5.75 Å². The van der Waals surface area contributed by atoms with E-state index in [-0.39, 0.29) is 5.56 Å². The summed E-state index contributed by atoms with van der Waals surface area (Å²) in [5.74, 6) is 0.207. The first kappa shape index (κ1) is 27.5. The first-order valence-corrected chi connectivity index (χ1v) is 12.4. The van der Waals surface area contributed by atoms with Gasteiger partial charge in [0.2, 0.25) is 0 Å². The Morgan fingerprint density at radius 2 is 1.68 bits per heavy atom. The van der Waals surface area contributed by atoms with Crippen LogP contribution in [0.3, 0.4) is 0 Å². The number of nitrogens with zero attached hydrogens (tertiary/aromatic N) is 2. The number of carbonyl (C=O) groups is 2. The molecule has 0 aliphatic heterocycles. The lowest BCUT2D eigenvalue weighted by atomic mass is 9.97. The van der Waals surface area contributed by atoms with Gasteiger partial charge >= 0.3 is 12.0 Å². The lowest BCUT2D eigenvalue weighted by molar-refractivity contribution is 0.0697. The van der Waals surface area contributed by atoms with Crippen molar-refractivity contribution in [3.63, 3.8) is 0 Å². The molecule has 1 heterocycles. The van der Waals surface area contributed by atoms with Gasteiger partial charge in [0.05, 0.1) is 35.9 Å². The van der Waals surface area contributed by atoms with Gasteiger partial charge < -0.3 is 25.4 Å². The largest absolute Gasteiger partial charge is 0.497 e. The maximum atomic E-state index is 13.0. The third-order valence-corrected chi connectivity index (χ3v) is 5.69. The van der Waals surface area contributed by atoms with Crippen molar-refractivity contribution < 1.29 is 19.4 Å².